The molecule has 2 rings (SSSR count). The van der Waals surface area contributed by atoms with Gasteiger partial charge in [-0.1, -0.05) is 36.4 Å². The molecule has 0 spiro atoms. The fourth-order valence-electron chi connectivity index (χ4n) is 2.25. The normalized spacial score (nSPS) is 24.4. The fraction of sp³-hybridized carbons (Fsp3) is 0.286. The predicted octanol–water partition coefficient (Wildman–Crippen LogP) is 2.65. The van der Waals surface area contributed by atoms with E-state index in [0.717, 1.165) is 6.42 Å². The highest BCUT2D eigenvalue weighted by Gasteiger charge is 2.38. The Morgan fingerprint density at radius 2 is 2.00 bits per heavy atom. The van der Waals surface area contributed by atoms with Gasteiger partial charge in [0.2, 0.25) is 0 Å². The zero-order valence-electron chi connectivity index (χ0n) is 9.06. The number of ketones is 2. The van der Waals surface area contributed by atoms with Crippen LogP contribution in [0.2, 0.25) is 0 Å². The Bertz CT molecular complexity index is 420. The van der Waals surface area contributed by atoms with E-state index < -0.39 is 5.92 Å². The average molecular weight is 214 g/mol. The van der Waals surface area contributed by atoms with Gasteiger partial charge in [0, 0.05) is 12.0 Å². The zero-order valence-corrected chi connectivity index (χ0v) is 9.06. The summed E-state index contributed by atoms with van der Waals surface area (Å²) in [5.74, 6) is -0.494. The van der Waals surface area contributed by atoms with Crippen LogP contribution < -0.4 is 0 Å². The van der Waals surface area contributed by atoms with Crippen LogP contribution in [-0.2, 0) is 4.79 Å². The summed E-state index contributed by atoms with van der Waals surface area (Å²) in [5.41, 5.74) is 0.620. The van der Waals surface area contributed by atoms with Crippen molar-refractivity contribution in [3.63, 3.8) is 0 Å². The number of hydrogen-bond donors (Lipinski definition) is 0. The van der Waals surface area contributed by atoms with Crippen molar-refractivity contribution in [3.05, 3.63) is 48.6 Å². The van der Waals surface area contributed by atoms with E-state index in [0.29, 0.717) is 12.0 Å². The van der Waals surface area contributed by atoms with Crippen LogP contribution in [0.25, 0.3) is 0 Å². The first-order chi connectivity index (χ1) is 7.74. The molecule has 0 aliphatic heterocycles. The second kappa shape index (κ2) is 4.44. The van der Waals surface area contributed by atoms with Crippen molar-refractivity contribution < 1.29 is 9.59 Å². The summed E-state index contributed by atoms with van der Waals surface area (Å²) in [4.78, 5) is 23.8. The summed E-state index contributed by atoms with van der Waals surface area (Å²) in [6.07, 6.45) is 2.99. The number of Topliss-reactive ketones (excluding diaryl/α,β-unsaturated/α-hetero) is 2. The van der Waals surface area contributed by atoms with Crippen molar-refractivity contribution in [1.82, 2.24) is 0 Å². The molecule has 2 nitrogen and oxygen atoms in total. The molecule has 16 heavy (non-hydrogen) atoms. The standard InChI is InChI=1S/C14H14O2/c1-2-10-8-9-12(15)13(10)14(16)11-6-4-3-5-7-11/h2-7,10,13H,1,8-9H2/t10-,13+/m1/s1. The molecule has 1 aromatic rings. The van der Waals surface area contributed by atoms with Crippen LogP contribution in [0.1, 0.15) is 23.2 Å². The Hall–Kier alpha value is -1.70. The summed E-state index contributed by atoms with van der Waals surface area (Å²) in [6.45, 7) is 3.70. The van der Waals surface area contributed by atoms with Crippen LogP contribution >= 0.6 is 0 Å². The van der Waals surface area contributed by atoms with Gasteiger partial charge < -0.3 is 0 Å². The Labute approximate surface area is 95.0 Å². The lowest BCUT2D eigenvalue weighted by Crippen LogP contribution is -2.24. The largest absolute Gasteiger partial charge is 0.299 e. The molecule has 0 saturated heterocycles. The van der Waals surface area contributed by atoms with Crippen molar-refractivity contribution in [1.29, 1.82) is 0 Å². The highest BCUT2D eigenvalue weighted by Crippen LogP contribution is 2.32. The van der Waals surface area contributed by atoms with Crippen LogP contribution in [0.15, 0.2) is 43.0 Å². The van der Waals surface area contributed by atoms with Crippen LogP contribution in [0.3, 0.4) is 0 Å². The zero-order chi connectivity index (χ0) is 11.5. The van der Waals surface area contributed by atoms with Gasteiger partial charge >= 0.3 is 0 Å². The summed E-state index contributed by atoms with van der Waals surface area (Å²) in [5, 5.41) is 0. The smallest absolute Gasteiger partial charge is 0.173 e. The molecule has 2 atom stereocenters. The van der Waals surface area contributed by atoms with E-state index in [9.17, 15) is 9.59 Å². The van der Waals surface area contributed by atoms with Crippen molar-refractivity contribution in [3.8, 4) is 0 Å². The lowest BCUT2D eigenvalue weighted by atomic mass is 9.88. The summed E-state index contributed by atoms with van der Waals surface area (Å²) >= 11 is 0. The van der Waals surface area contributed by atoms with Gasteiger partial charge in [-0.05, 0) is 12.3 Å². The minimum absolute atomic E-state index is 0.0141. The number of hydrogen-bond acceptors (Lipinski definition) is 2. The molecule has 0 N–H and O–H groups in total. The molecule has 1 aromatic carbocycles. The molecule has 82 valence electrons. The summed E-state index contributed by atoms with van der Waals surface area (Å²) < 4.78 is 0. The average Bonchev–Trinajstić information content (AvgIpc) is 2.70. The van der Waals surface area contributed by atoms with Gasteiger partial charge in [-0.2, -0.15) is 0 Å². The number of carbonyl (C=O) groups excluding carboxylic acids is 2. The van der Waals surface area contributed by atoms with Crippen molar-refractivity contribution in [2.75, 3.05) is 0 Å². The quantitative estimate of drug-likeness (QED) is 0.440. The Morgan fingerprint density at radius 1 is 1.31 bits per heavy atom. The molecule has 0 heterocycles. The van der Waals surface area contributed by atoms with E-state index in [1.807, 2.05) is 18.2 Å². The third kappa shape index (κ3) is 1.83. The van der Waals surface area contributed by atoms with Gasteiger partial charge in [0.15, 0.2) is 5.78 Å². The van der Waals surface area contributed by atoms with Crippen LogP contribution in [0.4, 0.5) is 0 Å². The molecular weight excluding hydrogens is 200 g/mol. The van der Waals surface area contributed by atoms with Gasteiger partial charge in [0.25, 0.3) is 0 Å². The SMILES string of the molecule is C=C[C@@H]1CCC(=O)[C@H]1C(=O)c1ccccc1. The van der Waals surface area contributed by atoms with Gasteiger partial charge in [0.1, 0.15) is 5.78 Å². The van der Waals surface area contributed by atoms with E-state index >= 15 is 0 Å². The van der Waals surface area contributed by atoms with E-state index in [2.05, 4.69) is 6.58 Å². The second-order valence-electron chi connectivity index (χ2n) is 4.11. The molecular formula is C14H14O2. The molecule has 1 aliphatic rings. The van der Waals surface area contributed by atoms with Crippen molar-refractivity contribution in [2.45, 2.75) is 12.8 Å². The lowest BCUT2D eigenvalue weighted by molar-refractivity contribution is -0.119. The van der Waals surface area contributed by atoms with E-state index in [1.165, 1.54) is 0 Å². The van der Waals surface area contributed by atoms with Crippen molar-refractivity contribution in [2.24, 2.45) is 11.8 Å². The molecule has 0 unspecified atom stereocenters. The number of benzene rings is 1. The molecule has 0 amide bonds. The molecule has 0 bridgehead atoms. The predicted molar refractivity (Wildman–Crippen MR) is 62.2 cm³/mol. The number of allylic oxidation sites excluding steroid dienone is 1. The van der Waals surface area contributed by atoms with Gasteiger partial charge in [-0.3, -0.25) is 9.59 Å². The Kier molecular flexibility index (Phi) is 3.00. The first-order valence-electron chi connectivity index (χ1n) is 5.48. The lowest BCUT2D eigenvalue weighted by Gasteiger charge is -2.13. The van der Waals surface area contributed by atoms with E-state index in [-0.39, 0.29) is 17.5 Å². The summed E-state index contributed by atoms with van der Waals surface area (Å²) in [7, 11) is 0. The maximum atomic E-state index is 12.2. The Balaban J connectivity index is 2.27. The van der Waals surface area contributed by atoms with E-state index in [1.54, 1.807) is 18.2 Å². The number of carbonyl (C=O) groups is 2. The molecule has 0 aromatic heterocycles. The van der Waals surface area contributed by atoms with Gasteiger partial charge in [-0.15, -0.1) is 6.58 Å². The summed E-state index contributed by atoms with van der Waals surface area (Å²) in [6, 6.07) is 9.01. The first-order valence-corrected chi connectivity index (χ1v) is 5.48. The first kappa shape index (κ1) is 10.8. The number of rotatable bonds is 3. The fourth-order valence-corrected chi connectivity index (χ4v) is 2.25. The molecule has 1 fully saturated rings. The van der Waals surface area contributed by atoms with Crippen LogP contribution in [0.5, 0.6) is 0 Å². The molecule has 0 radical (unpaired) electrons. The minimum atomic E-state index is -0.500. The molecule has 1 aliphatic carbocycles. The third-order valence-electron chi connectivity index (χ3n) is 3.14. The maximum Gasteiger partial charge on any atom is 0.173 e. The monoisotopic (exact) mass is 214 g/mol. The molecule has 2 heteroatoms. The maximum absolute atomic E-state index is 12.2. The third-order valence-corrected chi connectivity index (χ3v) is 3.14. The van der Waals surface area contributed by atoms with Crippen molar-refractivity contribution >= 4 is 11.6 Å². The second-order valence-corrected chi connectivity index (χ2v) is 4.11. The highest BCUT2D eigenvalue weighted by molar-refractivity contribution is 6.12. The van der Waals surface area contributed by atoms with Crippen LogP contribution in [-0.4, -0.2) is 11.6 Å². The van der Waals surface area contributed by atoms with Gasteiger partial charge in [-0.25, -0.2) is 0 Å². The Morgan fingerprint density at radius 3 is 2.62 bits per heavy atom. The van der Waals surface area contributed by atoms with Crippen LogP contribution in [0, 0.1) is 11.8 Å². The van der Waals surface area contributed by atoms with E-state index in [4.69, 9.17) is 0 Å². The molecule has 1 saturated carbocycles. The van der Waals surface area contributed by atoms with Gasteiger partial charge in [0.05, 0.1) is 5.92 Å². The minimum Gasteiger partial charge on any atom is -0.299 e. The highest BCUT2D eigenvalue weighted by atomic mass is 16.2. The topological polar surface area (TPSA) is 34.1 Å².